The lowest BCUT2D eigenvalue weighted by molar-refractivity contribution is -0.138. The second-order valence-electron chi connectivity index (χ2n) is 10.9. The van der Waals surface area contributed by atoms with Gasteiger partial charge in [-0.2, -0.15) is 0 Å². The molecule has 49 heavy (non-hydrogen) atoms. The molecule has 11 heteroatoms. The number of rotatable bonds is 11. The van der Waals surface area contributed by atoms with E-state index in [0.717, 1.165) is 26.7 Å². The lowest BCUT2D eigenvalue weighted by Gasteiger charge is -2.26. The highest BCUT2D eigenvalue weighted by Gasteiger charge is 2.35. The van der Waals surface area contributed by atoms with Crippen LogP contribution in [0, 0.1) is 0 Å². The van der Waals surface area contributed by atoms with E-state index in [9.17, 15) is 9.59 Å². The number of hydrogen-bond donors (Lipinski definition) is 0. The van der Waals surface area contributed by atoms with Gasteiger partial charge in [0.1, 0.15) is 12.4 Å². The third-order valence-corrected chi connectivity index (χ3v) is 9.83. The van der Waals surface area contributed by atoms with E-state index in [1.807, 2.05) is 97.9 Å². The monoisotopic (exact) mass is 802 g/mol. The lowest BCUT2D eigenvalue weighted by Crippen LogP contribution is -2.40. The summed E-state index contributed by atoms with van der Waals surface area (Å²) in [5.74, 6) is 1.21. The van der Waals surface area contributed by atoms with Crippen LogP contribution in [0.15, 0.2) is 115 Å². The Morgan fingerprint density at radius 2 is 1.67 bits per heavy atom. The maximum Gasteiger partial charge on any atom is 0.338 e. The zero-order valence-electron chi connectivity index (χ0n) is 26.9. The zero-order valence-corrected chi connectivity index (χ0v) is 30.9. The van der Waals surface area contributed by atoms with Crippen LogP contribution < -0.4 is 29.1 Å². The first-order valence-electron chi connectivity index (χ1n) is 15.6. The quantitative estimate of drug-likeness (QED) is 0.129. The molecule has 250 valence electrons. The molecule has 2 heterocycles. The second-order valence-corrected chi connectivity index (χ2v) is 13.7. The molecule has 1 aliphatic rings. The van der Waals surface area contributed by atoms with Crippen molar-refractivity contribution in [1.29, 1.82) is 0 Å². The molecule has 0 amide bonds. The van der Waals surface area contributed by atoms with E-state index in [1.165, 1.54) is 11.3 Å². The summed E-state index contributed by atoms with van der Waals surface area (Å²) in [6.07, 6.45) is 1.79. The molecule has 1 atom stereocenters. The van der Waals surface area contributed by atoms with E-state index in [1.54, 1.807) is 24.7 Å². The van der Waals surface area contributed by atoms with E-state index in [4.69, 9.17) is 23.9 Å². The molecule has 1 aromatic heterocycles. The number of carbonyl (C=O) groups excluding carboxylic acids is 1. The van der Waals surface area contributed by atoms with Crippen molar-refractivity contribution in [2.75, 3.05) is 20.3 Å². The average Bonchev–Trinajstić information content (AvgIpc) is 3.42. The van der Waals surface area contributed by atoms with Gasteiger partial charge in [0.25, 0.3) is 5.56 Å². The number of thiazole rings is 1. The highest BCUT2D eigenvalue weighted by atomic mass is 79.9. The Hall–Kier alpha value is -4.45. The van der Waals surface area contributed by atoms with Crippen molar-refractivity contribution in [1.82, 2.24) is 4.57 Å². The van der Waals surface area contributed by atoms with Gasteiger partial charge in [-0.25, -0.2) is 9.79 Å². The first-order valence-corrected chi connectivity index (χ1v) is 18.0. The summed E-state index contributed by atoms with van der Waals surface area (Å²) in [6.45, 7) is 4.70. The summed E-state index contributed by atoms with van der Waals surface area (Å²) in [4.78, 5) is 33.5. The minimum absolute atomic E-state index is 0.171. The Morgan fingerprint density at radius 1 is 0.939 bits per heavy atom. The van der Waals surface area contributed by atoms with E-state index in [0.29, 0.717) is 50.0 Å². The summed E-state index contributed by atoms with van der Waals surface area (Å²) in [6, 6.07) is 27.7. The fourth-order valence-electron chi connectivity index (χ4n) is 5.52. The van der Waals surface area contributed by atoms with Crippen LogP contribution in [0.4, 0.5) is 0 Å². The van der Waals surface area contributed by atoms with Crippen molar-refractivity contribution in [2.24, 2.45) is 4.99 Å². The van der Waals surface area contributed by atoms with Gasteiger partial charge in [0.15, 0.2) is 16.3 Å². The Bertz CT molecular complexity index is 2190. The van der Waals surface area contributed by atoms with E-state index in [-0.39, 0.29) is 17.7 Å². The molecule has 8 nitrogen and oxygen atoms in total. The predicted molar refractivity (Wildman–Crippen MR) is 198 cm³/mol. The van der Waals surface area contributed by atoms with E-state index >= 15 is 0 Å². The molecule has 0 saturated heterocycles. The summed E-state index contributed by atoms with van der Waals surface area (Å²) in [5, 5.41) is 0. The second kappa shape index (κ2) is 15.4. The first-order chi connectivity index (χ1) is 23.8. The van der Waals surface area contributed by atoms with Crippen LogP contribution in [0.25, 0.3) is 11.8 Å². The van der Waals surface area contributed by atoms with Crippen LogP contribution in [-0.2, 0) is 16.1 Å². The van der Waals surface area contributed by atoms with Crippen LogP contribution in [0.5, 0.6) is 17.2 Å². The number of methoxy groups -OCH3 is 1. The summed E-state index contributed by atoms with van der Waals surface area (Å²) < 4.78 is 26.8. The number of fused-ring (bicyclic) bond motifs is 1. The van der Waals surface area contributed by atoms with Gasteiger partial charge >= 0.3 is 5.97 Å². The largest absolute Gasteiger partial charge is 0.494 e. The standard InChI is InChI=1S/C38H32Br2N2O6S/c1-4-46-28-17-13-26(14-18-28)34-32(37(44)47-5-2)33(25-9-7-6-8-10-25)41-38-42(34)36(43)31(49-38)21-24-19-29(40)35(30(20-24)45-3)48-22-23-11-15-27(39)16-12-23/h6-21,34H,4-5,22H2,1-3H3/b31-21-/t34-/m0/s1. The van der Waals surface area contributed by atoms with Gasteiger partial charge in [0.2, 0.25) is 0 Å². The van der Waals surface area contributed by atoms with Crippen LogP contribution in [0.2, 0.25) is 0 Å². The zero-order chi connectivity index (χ0) is 34.5. The van der Waals surface area contributed by atoms with Crippen molar-refractivity contribution in [3.05, 3.63) is 147 Å². The van der Waals surface area contributed by atoms with Crippen molar-refractivity contribution < 1.29 is 23.7 Å². The molecule has 0 radical (unpaired) electrons. The number of benzene rings is 4. The third-order valence-electron chi connectivity index (χ3n) is 7.73. The molecule has 4 aromatic carbocycles. The molecular formula is C38H32Br2N2O6S. The molecular weight excluding hydrogens is 772 g/mol. The minimum atomic E-state index is -0.793. The molecule has 6 rings (SSSR count). The van der Waals surface area contributed by atoms with Gasteiger partial charge in [0.05, 0.1) is 46.6 Å². The van der Waals surface area contributed by atoms with Crippen LogP contribution >= 0.6 is 43.2 Å². The number of carbonyl (C=O) groups is 1. The Kier molecular flexibility index (Phi) is 10.8. The topological polar surface area (TPSA) is 88.4 Å². The van der Waals surface area contributed by atoms with Crippen molar-refractivity contribution >= 4 is 60.9 Å². The molecule has 0 fully saturated rings. The maximum absolute atomic E-state index is 14.3. The molecule has 0 aliphatic carbocycles. The van der Waals surface area contributed by atoms with Crippen LogP contribution in [0.3, 0.4) is 0 Å². The number of hydrogen-bond acceptors (Lipinski definition) is 8. The summed E-state index contributed by atoms with van der Waals surface area (Å²) in [7, 11) is 1.57. The summed E-state index contributed by atoms with van der Waals surface area (Å²) >= 11 is 8.35. The van der Waals surface area contributed by atoms with Crippen molar-refractivity contribution in [3.8, 4) is 17.2 Å². The number of halogens is 2. The van der Waals surface area contributed by atoms with Gasteiger partial charge in [-0.15, -0.1) is 0 Å². The normalized spacial score (nSPS) is 14.2. The SMILES string of the molecule is CCOC(=O)C1=C(c2ccccc2)N=c2s/c(=C\c3cc(Br)c(OCc4ccc(Br)cc4)c(OC)c3)c(=O)n2[C@H]1c1ccc(OCC)cc1. The first kappa shape index (κ1) is 34.4. The molecule has 0 bridgehead atoms. The van der Waals surface area contributed by atoms with Crippen LogP contribution in [-0.4, -0.2) is 30.9 Å². The van der Waals surface area contributed by atoms with Gasteiger partial charge in [-0.05, 0) is 88.9 Å². The smallest absolute Gasteiger partial charge is 0.338 e. The Labute approximate surface area is 304 Å². The molecule has 0 saturated carbocycles. The third kappa shape index (κ3) is 7.44. The van der Waals surface area contributed by atoms with Gasteiger partial charge in [-0.1, -0.05) is 81.9 Å². The molecule has 0 N–H and O–H groups in total. The Morgan fingerprint density at radius 3 is 2.35 bits per heavy atom. The van der Waals surface area contributed by atoms with Crippen LogP contribution in [0.1, 0.15) is 42.1 Å². The number of esters is 1. The van der Waals surface area contributed by atoms with Gasteiger partial charge in [0, 0.05) is 10.0 Å². The van der Waals surface area contributed by atoms with E-state index in [2.05, 4.69) is 31.9 Å². The summed E-state index contributed by atoms with van der Waals surface area (Å²) in [5.41, 5.74) is 3.64. The van der Waals surface area contributed by atoms with Gasteiger partial charge in [-0.3, -0.25) is 9.36 Å². The van der Waals surface area contributed by atoms with Gasteiger partial charge < -0.3 is 18.9 Å². The number of aromatic nitrogens is 1. The lowest BCUT2D eigenvalue weighted by atomic mass is 9.93. The number of ether oxygens (including phenoxy) is 4. The maximum atomic E-state index is 14.3. The molecule has 0 spiro atoms. The molecule has 5 aromatic rings. The molecule has 1 aliphatic heterocycles. The number of nitrogens with zero attached hydrogens (tertiary/aromatic N) is 2. The fourth-order valence-corrected chi connectivity index (χ4v) is 7.36. The molecule has 0 unspecified atom stereocenters. The highest BCUT2D eigenvalue weighted by molar-refractivity contribution is 9.10. The van der Waals surface area contributed by atoms with Crippen molar-refractivity contribution in [2.45, 2.75) is 26.5 Å². The highest BCUT2D eigenvalue weighted by Crippen LogP contribution is 2.38. The van der Waals surface area contributed by atoms with E-state index < -0.39 is 12.0 Å². The minimum Gasteiger partial charge on any atom is -0.494 e. The predicted octanol–water partition coefficient (Wildman–Crippen LogP) is 7.45. The average molecular weight is 805 g/mol. The van der Waals surface area contributed by atoms with Crippen molar-refractivity contribution in [3.63, 3.8) is 0 Å². The fraction of sp³-hybridized carbons (Fsp3) is 0.184. The Balaban J connectivity index is 1.48.